The summed E-state index contributed by atoms with van der Waals surface area (Å²) in [6.45, 7) is 5.90. The average molecular weight is 219 g/mol. The number of carbonyl (C=O) groups is 1. The summed E-state index contributed by atoms with van der Waals surface area (Å²) in [5.74, 6) is -0.404. The van der Waals surface area contributed by atoms with Crippen LogP contribution in [0.15, 0.2) is 12.3 Å². The highest BCUT2D eigenvalue weighted by Crippen LogP contribution is 2.10. The molecule has 2 aromatic heterocycles. The van der Waals surface area contributed by atoms with E-state index in [9.17, 15) is 4.79 Å². The molecule has 84 valence electrons. The molecule has 0 saturated heterocycles. The van der Waals surface area contributed by atoms with Crippen molar-refractivity contribution in [2.24, 2.45) is 0 Å². The van der Waals surface area contributed by atoms with Crippen molar-refractivity contribution in [2.45, 2.75) is 20.8 Å². The predicted octanol–water partition coefficient (Wildman–Crippen LogP) is 1.52. The van der Waals surface area contributed by atoms with Crippen molar-refractivity contribution in [3.63, 3.8) is 0 Å². The molecule has 2 rings (SSSR count). The van der Waals surface area contributed by atoms with Crippen molar-refractivity contribution < 1.29 is 9.53 Å². The number of rotatable bonds is 2. The second-order valence-corrected chi connectivity index (χ2v) is 3.58. The van der Waals surface area contributed by atoms with Gasteiger partial charge in [0.25, 0.3) is 0 Å². The van der Waals surface area contributed by atoms with Gasteiger partial charge in [0.05, 0.1) is 18.5 Å². The Morgan fingerprint density at radius 1 is 1.50 bits per heavy atom. The van der Waals surface area contributed by atoms with Gasteiger partial charge in [-0.25, -0.2) is 14.3 Å². The van der Waals surface area contributed by atoms with E-state index in [1.165, 1.54) is 0 Å². The van der Waals surface area contributed by atoms with Crippen LogP contribution in [0.2, 0.25) is 0 Å². The van der Waals surface area contributed by atoms with Crippen LogP contribution in [-0.4, -0.2) is 27.2 Å². The number of carbonyl (C=O) groups excluding carboxylic acids is 1. The van der Waals surface area contributed by atoms with E-state index >= 15 is 0 Å². The Balaban J connectivity index is 2.53. The molecule has 0 radical (unpaired) electrons. The first-order valence-electron chi connectivity index (χ1n) is 5.12. The first kappa shape index (κ1) is 10.6. The Morgan fingerprint density at radius 2 is 2.25 bits per heavy atom. The summed E-state index contributed by atoms with van der Waals surface area (Å²) in [6, 6.07) is 1.69. The molecule has 0 aliphatic carbocycles. The van der Waals surface area contributed by atoms with Gasteiger partial charge < -0.3 is 4.74 Å². The molecule has 0 amide bonds. The Morgan fingerprint density at radius 3 is 2.94 bits per heavy atom. The fourth-order valence-electron chi connectivity index (χ4n) is 1.55. The number of hydrogen-bond acceptors (Lipinski definition) is 4. The first-order chi connectivity index (χ1) is 7.61. The Labute approximate surface area is 93.1 Å². The molecule has 0 atom stereocenters. The SMILES string of the molecule is CCOC(=O)c1cc(C)c2nc(C)cn2n1. The normalized spacial score (nSPS) is 10.7. The second kappa shape index (κ2) is 3.92. The molecule has 0 aromatic carbocycles. The summed E-state index contributed by atoms with van der Waals surface area (Å²) < 4.78 is 6.51. The van der Waals surface area contributed by atoms with Crippen LogP contribution in [0.4, 0.5) is 0 Å². The summed E-state index contributed by atoms with van der Waals surface area (Å²) in [5, 5.41) is 4.16. The quantitative estimate of drug-likeness (QED) is 0.718. The molecular formula is C11H13N3O2. The highest BCUT2D eigenvalue weighted by atomic mass is 16.5. The number of fused-ring (bicyclic) bond motifs is 1. The van der Waals surface area contributed by atoms with Gasteiger partial charge in [-0.3, -0.25) is 0 Å². The summed E-state index contributed by atoms with van der Waals surface area (Å²) >= 11 is 0. The van der Waals surface area contributed by atoms with Crippen LogP contribution in [-0.2, 0) is 4.74 Å². The van der Waals surface area contributed by atoms with Crippen molar-refractivity contribution in [1.29, 1.82) is 0 Å². The zero-order chi connectivity index (χ0) is 11.7. The molecule has 0 aliphatic rings. The van der Waals surface area contributed by atoms with Crippen molar-refractivity contribution in [3.05, 3.63) is 29.2 Å². The van der Waals surface area contributed by atoms with Gasteiger partial charge >= 0.3 is 5.97 Å². The van der Waals surface area contributed by atoms with E-state index in [0.29, 0.717) is 12.3 Å². The van der Waals surface area contributed by atoms with Gasteiger partial charge in [0.2, 0.25) is 0 Å². The van der Waals surface area contributed by atoms with Gasteiger partial charge in [-0.15, -0.1) is 0 Å². The van der Waals surface area contributed by atoms with Crippen LogP contribution in [0.3, 0.4) is 0 Å². The maximum atomic E-state index is 11.5. The molecule has 0 unspecified atom stereocenters. The lowest BCUT2D eigenvalue weighted by Crippen LogP contribution is -2.10. The number of esters is 1. The minimum atomic E-state index is -0.404. The molecule has 2 heterocycles. The average Bonchev–Trinajstić information content (AvgIpc) is 2.59. The zero-order valence-electron chi connectivity index (χ0n) is 9.52. The lowest BCUT2D eigenvalue weighted by molar-refractivity contribution is 0.0517. The van der Waals surface area contributed by atoms with Crippen molar-refractivity contribution in [1.82, 2.24) is 14.6 Å². The highest BCUT2D eigenvalue weighted by molar-refractivity contribution is 5.87. The van der Waals surface area contributed by atoms with Gasteiger partial charge in [-0.05, 0) is 32.4 Å². The maximum absolute atomic E-state index is 11.5. The summed E-state index contributed by atoms with van der Waals surface area (Å²) in [6.07, 6.45) is 1.78. The summed E-state index contributed by atoms with van der Waals surface area (Å²) in [5.41, 5.74) is 2.86. The molecule has 0 fully saturated rings. The molecular weight excluding hydrogens is 206 g/mol. The number of ether oxygens (including phenoxy) is 1. The molecule has 2 aromatic rings. The number of aromatic nitrogens is 3. The third-order valence-electron chi connectivity index (χ3n) is 2.21. The topological polar surface area (TPSA) is 56.5 Å². The number of hydrogen-bond donors (Lipinski definition) is 0. The standard InChI is InChI=1S/C11H13N3O2/c1-4-16-11(15)9-5-7(2)10-12-8(3)6-14(10)13-9/h5-6H,4H2,1-3H3. The van der Waals surface area contributed by atoms with E-state index < -0.39 is 5.97 Å². The van der Waals surface area contributed by atoms with E-state index in [-0.39, 0.29) is 0 Å². The van der Waals surface area contributed by atoms with Crippen LogP contribution in [0, 0.1) is 13.8 Å². The minimum Gasteiger partial charge on any atom is -0.461 e. The van der Waals surface area contributed by atoms with Crippen LogP contribution in [0.25, 0.3) is 5.65 Å². The number of aryl methyl sites for hydroxylation is 2. The van der Waals surface area contributed by atoms with E-state index in [1.807, 2.05) is 13.8 Å². The van der Waals surface area contributed by atoms with E-state index in [2.05, 4.69) is 10.1 Å². The number of nitrogens with zero attached hydrogens (tertiary/aromatic N) is 3. The Hall–Kier alpha value is -1.91. The zero-order valence-corrected chi connectivity index (χ0v) is 9.52. The van der Waals surface area contributed by atoms with Crippen LogP contribution < -0.4 is 0 Å². The van der Waals surface area contributed by atoms with Crippen molar-refractivity contribution in [3.8, 4) is 0 Å². The number of imidazole rings is 1. The summed E-state index contributed by atoms with van der Waals surface area (Å²) in [7, 11) is 0. The molecule has 5 heteroatoms. The lowest BCUT2D eigenvalue weighted by Gasteiger charge is -2.03. The Kier molecular flexibility index (Phi) is 2.60. The van der Waals surface area contributed by atoms with Gasteiger partial charge in [0, 0.05) is 0 Å². The van der Waals surface area contributed by atoms with Gasteiger partial charge in [-0.1, -0.05) is 0 Å². The maximum Gasteiger partial charge on any atom is 0.358 e. The van der Waals surface area contributed by atoms with E-state index in [4.69, 9.17) is 4.74 Å². The van der Waals surface area contributed by atoms with Gasteiger partial charge in [0.1, 0.15) is 0 Å². The fraction of sp³-hybridized carbons (Fsp3) is 0.364. The van der Waals surface area contributed by atoms with E-state index in [1.54, 1.807) is 23.7 Å². The molecule has 5 nitrogen and oxygen atoms in total. The molecule has 16 heavy (non-hydrogen) atoms. The van der Waals surface area contributed by atoms with Gasteiger partial charge in [-0.2, -0.15) is 5.10 Å². The first-order valence-corrected chi connectivity index (χ1v) is 5.12. The summed E-state index contributed by atoms with van der Waals surface area (Å²) in [4.78, 5) is 15.8. The Bertz CT molecular complexity index is 545. The molecule has 0 bridgehead atoms. The third-order valence-corrected chi connectivity index (χ3v) is 2.21. The molecule has 0 spiro atoms. The van der Waals surface area contributed by atoms with Crippen LogP contribution >= 0.6 is 0 Å². The third kappa shape index (κ3) is 1.76. The molecule has 0 saturated carbocycles. The monoisotopic (exact) mass is 219 g/mol. The minimum absolute atomic E-state index is 0.309. The molecule has 0 N–H and O–H groups in total. The van der Waals surface area contributed by atoms with Crippen molar-refractivity contribution >= 4 is 11.6 Å². The smallest absolute Gasteiger partial charge is 0.358 e. The fourth-order valence-corrected chi connectivity index (χ4v) is 1.55. The lowest BCUT2D eigenvalue weighted by atomic mass is 10.3. The predicted molar refractivity (Wildman–Crippen MR) is 58.4 cm³/mol. The van der Waals surface area contributed by atoms with Crippen LogP contribution in [0.5, 0.6) is 0 Å². The second-order valence-electron chi connectivity index (χ2n) is 3.58. The van der Waals surface area contributed by atoms with Gasteiger partial charge in [0.15, 0.2) is 11.3 Å². The largest absolute Gasteiger partial charge is 0.461 e. The highest BCUT2D eigenvalue weighted by Gasteiger charge is 2.12. The molecule has 0 aliphatic heterocycles. The van der Waals surface area contributed by atoms with Crippen molar-refractivity contribution in [2.75, 3.05) is 6.61 Å². The van der Waals surface area contributed by atoms with E-state index in [0.717, 1.165) is 16.9 Å². The van der Waals surface area contributed by atoms with Crippen LogP contribution in [0.1, 0.15) is 28.7 Å².